The third-order valence-corrected chi connectivity index (χ3v) is 7.02. The summed E-state index contributed by atoms with van der Waals surface area (Å²) < 4.78 is 3.25. The molecule has 0 spiro atoms. The van der Waals surface area contributed by atoms with E-state index in [1.54, 1.807) is 47.9 Å². The fourth-order valence-electron chi connectivity index (χ4n) is 4.77. The molecule has 4 aromatic rings. The monoisotopic (exact) mass is 551 g/mol. The van der Waals surface area contributed by atoms with Crippen LogP contribution in [0.4, 0.5) is 0 Å². The zero-order chi connectivity index (χ0) is 27.0. The number of rotatable bonds is 7. The van der Waals surface area contributed by atoms with Gasteiger partial charge >= 0.3 is 5.97 Å². The number of aromatic amines is 1. The molecule has 12 heteroatoms. The minimum Gasteiger partial charge on any atom is -0.481 e. The number of tetrazole rings is 1. The lowest BCUT2D eigenvalue weighted by Gasteiger charge is -2.15. The van der Waals surface area contributed by atoms with Crippen LogP contribution >= 0.6 is 23.2 Å². The van der Waals surface area contributed by atoms with E-state index in [2.05, 4.69) is 25.5 Å². The molecule has 1 atom stereocenters. The quantitative estimate of drug-likeness (QED) is 0.313. The van der Waals surface area contributed by atoms with E-state index in [1.807, 2.05) is 13.0 Å². The van der Waals surface area contributed by atoms with Crippen molar-refractivity contribution in [1.29, 1.82) is 0 Å². The number of allylic oxidation sites excluding steroid dienone is 3. The van der Waals surface area contributed by atoms with E-state index in [-0.39, 0.29) is 23.2 Å². The van der Waals surface area contributed by atoms with Gasteiger partial charge in [0.05, 0.1) is 23.8 Å². The summed E-state index contributed by atoms with van der Waals surface area (Å²) in [5.74, 6) is -0.341. The molecule has 0 fully saturated rings. The van der Waals surface area contributed by atoms with E-state index in [9.17, 15) is 9.59 Å². The molecule has 3 aromatic heterocycles. The van der Waals surface area contributed by atoms with Gasteiger partial charge in [0.1, 0.15) is 12.2 Å². The van der Waals surface area contributed by atoms with Gasteiger partial charge in [0.25, 0.3) is 5.56 Å². The molecule has 0 aliphatic carbocycles. The number of fused-ring (bicyclic) bond motifs is 1. The molecule has 0 saturated carbocycles. The number of nitrogens with one attached hydrogen (secondary N) is 1. The summed E-state index contributed by atoms with van der Waals surface area (Å²) in [6.07, 6.45) is 6.24. The number of benzene rings is 1. The first-order valence-electron chi connectivity index (χ1n) is 11.8. The number of aryl methyl sites for hydroxylation is 1. The highest BCUT2D eigenvalue weighted by Crippen LogP contribution is 2.35. The van der Waals surface area contributed by atoms with Crippen LogP contribution in [0.25, 0.3) is 22.4 Å². The maximum atomic E-state index is 13.4. The molecule has 5 rings (SSSR count). The number of carboxylic acids is 1. The fraction of sp³-hybridized carbons (Fsp3) is 0.231. The molecule has 0 radical (unpaired) electrons. The molecule has 194 valence electrons. The topological polar surface area (TPSA) is 132 Å². The van der Waals surface area contributed by atoms with Gasteiger partial charge in [-0.3, -0.25) is 9.59 Å². The Morgan fingerprint density at radius 1 is 1.26 bits per heavy atom. The lowest BCUT2D eigenvalue weighted by Crippen LogP contribution is -2.24. The molecular formula is C26H23Cl2N7O3. The smallest absolute Gasteiger partial charge is 0.307 e. The first-order valence-corrected chi connectivity index (χ1v) is 12.6. The van der Waals surface area contributed by atoms with E-state index in [0.717, 1.165) is 16.8 Å². The van der Waals surface area contributed by atoms with Crippen LogP contribution in [0, 0.1) is 0 Å². The van der Waals surface area contributed by atoms with Crippen molar-refractivity contribution in [1.82, 2.24) is 34.7 Å². The molecule has 0 bridgehead atoms. The largest absolute Gasteiger partial charge is 0.481 e. The van der Waals surface area contributed by atoms with Gasteiger partial charge in [0, 0.05) is 22.3 Å². The summed E-state index contributed by atoms with van der Waals surface area (Å²) in [5, 5.41) is 21.3. The Labute approximate surface area is 227 Å². The average Bonchev–Trinajstić information content (AvgIpc) is 3.63. The normalized spacial score (nSPS) is 15.6. The van der Waals surface area contributed by atoms with E-state index in [4.69, 9.17) is 28.3 Å². The van der Waals surface area contributed by atoms with Crippen molar-refractivity contribution in [3.8, 4) is 16.8 Å². The molecule has 0 amide bonds. The molecule has 10 nitrogen and oxygen atoms in total. The molecule has 2 N–H and O–H groups in total. The number of aromatic nitrogens is 7. The highest BCUT2D eigenvalue weighted by Gasteiger charge is 2.29. The first kappa shape index (κ1) is 25.6. The number of hydrogen-bond donors (Lipinski definition) is 2. The van der Waals surface area contributed by atoms with E-state index in [0.29, 0.717) is 46.2 Å². The molecule has 1 aromatic carbocycles. The van der Waals surface area contributed by atoms with Gasteiger partial charge in [-0.1, -0.05) is 35.4 Å². The van der Waals surface area contributed by atoms with Crippen molar-refractivity contribution in [2.45, 2.75) is 39.2 Å². The fourth-order valence-corrected chi connectivity index (χ4v) is 5.23. The van der Waals surface area contributed by atoms with Crippen LogP contribution in [-0.4, -0.2) is 45.8 Å². The van der Waals surface area contributed by atoms with Gasteiger partial charge in [-0.15, -0.1) is 5.10 Å². The molecule has 4 heterocycles. The predicted octanol–water partition coefficient (Wildman–Crippen LogP) is 4.88. The van der Waals surface area contributed by atoms with Crippen molar-refractivity contribution in [3.63, 3.8) is 0 Å². The second kappa shape index (κ2) is 10.4. The Kier molecular flexibility index (Phi) is 7.00. The summed E-state index contributed by atoms with van der Waals surface area (Å²) in [4.78, 5) is 32.3. The lowest BCUT2D eigenvalue weighted by molar-refractivity contribution is -0.136. The standard InChI is InChI=1S/C26H23Cl2N7O3/c1-3-15(9-23(37)38)8-14(2)24-25(28)31-26(30-24)21-7-5-18-10-16(11-22(36)35(18)21)19-12-17(27)4-6-20(19)34-13-29-32-33-34/h3-4,6,8,10-13,21H,5,7,9H2,1-2H3,(H,30,31)(H,37,38)/b14-8+,15-3+/t21-/m0/s1. The molecule has 1 aliphatic heterocycles. The average molecular weight is 552 g/mol. The summed E-state index contributed by atoms with van der Waals surface area (Å²) >= 11 is 12.8. The minimum absolute atomic E-state index is 0.0953. The van der Waals surface area contributed by atoms with Crippen LogP contribution < -0.4 is 5.56 Å². The van der Waals surface area contributed by atoms with Crippen molar-refractivity contribution in [2.75, 3.05) is 0 Å². The van der Waals surface area contributed by atoms with Gasteiger partial charge in [-0.2, -0.15) is 4.68 Å². The number of carbonyl (C=O) groups is 1. The third-order valence-electron chi connectivity index (χ3n) is 6.51. The second-order valence-corrected chi connectivity index (χ2v) is 9.76. The van der Waals surface area contributed by atoms with Crippen LogP contribution in [0.15, 0.2) is 59.2 Å². The van der Waals surface area contributed by atoms with Crippen LogP contribution in [0.5, 0.6) is 0 Å². The van der Waals surface area contributed by atoms with E-state index < -0.39 is 5.97 Å². The van der Waals surface area contributed by atoms with Crippen molar-refractivity contribution in [3.05, 3.63) is 92.1 Å². The summed E-state index contributed by atoms with van der Waals surface area (Å²) in [6, 6.07) is 8.56. The van der Waals surface area contributed by atoms with Crippen molar-refractivity contribution >= 4 is 34.7 Å². The zero-order valence-corrected chi connectivity index (χ0v) is 22.0. The Morgan fingerprint density at radius 2 is 2.08 bits per heavy atom. The maximum absolute atomic E-state index is 13.4. The SMILES string of the molecule is C/C=C(\C=C(/C)c1[nH]c([C@@H]2CCc3cc(-c4cc(Cl)ccc4-n4cnnn4)cc(=O)n32)nc1Cl)CC(=O)O. The Hall–Kier alpha value is -4.02. The Bertz CT molecular complexity index is 1650. The second-order valence-electron chi connectivity index (χ2n) is 8.96. The summed E-state index contributed by atoms with van der Waals surface area (Å²) in [6.45, 7) is 3.62. The third kappa shape index (κ3) is 4.92. The van der Waals surface area contributed by atoms with Crippen LogP contribution in [0.2, 0.25) is 10.2 Å². The Morgan fingerprint density at radius 3 is 2.79 bits per heavy atom. The van der Waals surface area contributed by atoms with Crippen molar-refractivity contribution < 1.29 is 9.90 Å². The molecule has 0 saturated heterocycles. The highest BCUT2D eigenvalue weighted by molar-refractivity contribution is 6.31. The highest BCUT2D eigenvalue weighted by atomic mass is 35.5. The maximum Gasteiger partial charge on any atom is 0.307 e. The van der Waals surface area contributed by atoms with Crippen molar-refractivity contribution in [2.24, 2.45) is 0 Å². The number of pyridine rings is 1. The number of imidazole rings is 1. The van der Waals surface area contributed by atoms with Gasteiger partial charge < -0.3 is 14.7 Å². The summed E-state index contributed by atoms with van der Waals surface area (Å²) in [5.41, 5.74) is 4.82. The van der Waals surface area contributed by atoms with Crippen LogP contribution in [-0.2, 0) is 11.2 Å². The number of carboxylic acid groups (broad SMARTS) is 1. The number of hydrogen-bond acceptors (Lipinski definition) is 6. The Balaban J connectivity index is 1.51. The van der Waals surface area contributed by atoms with Gasteiger partial charge in [-0.25, -0.2) is 4.98 Å². The van der Waals surface area contributed by atoms with Gasteiger partial charge in [-0.05, 0) is 78.1 Å². The molecule has 0 unspecified atom stereocenters. The molecular weight excluding hydrogens is 529 g/mol. The number of H-pyrrole nitrogens is 1. The number of nitrogens with zero attached hydrogens (tertiary/aromatic N) is 6. The number of aliphatic carboxylic acids is 1. The first-order chi connectivity index (χ1) is 18.2. The van der Waals surface area contributed by atoms with Gasteiger partial charge in [0.2, 0.25) is 0 Å². The van der Waals surface area contributed by atoms with Crippen LogP contribution in [0.1, 0.15) is 49.9 Å². The predicted molar refractivity (Wildman–Crippen MR) is 144 cm³/mol. The molecule has 1 aliphatic rings. The minimum atomic E-state index is -0.914. The number of halogens is 2. The van der Waals surface area contributed by atoms with E-state index in [1.165, 1.54) is 11.0 Å². The zero-order valence-electron chi connectivity index (χ0n) is 20.5. The lowest BCUT2D eigenvalue weighted by atomic mass is 10.0. The van der Waals surface area contributed by atoms with E-state index >= 15 is 0 Å². The summed E-state index contributed by atoms with van der Waals surface area (Å²) in [7, 11) is 0. The van der Waals surface area contributed by atoms with Gasteiger partial charge in [0.15, 0.2) is 5.15 Å². The molecule has 38 heavy (non-hydrogen) atoms. The van der Waals surface area contributed by atoms with Crippen LogP contribution in [0.3, 0.4) is 0 Å².